The predicted octanol–water partition coefficient (Wildman–Crippen LogP) is 1.38. The first kappa shape index (κ1) is 14.6. The quantitative estimate of drug-likeness (QED) is 0.930. The first-order valence-corrected chi connectivity index (χ1v) is 7.20. The van der Waals surface area contributed by atoms with Gasteiger partial charge in [-0.1, -0.05) is 12.1 Å². The highest BCUT2D eigenvalue weighted by atomic mass is 16.5. The monoisotopic (exact) mass is 301 g/mol. The third-order valence-electron chi connectivity index (χ3n) is 3.97. The second-order valence-electron chi connectivity index (χ2n) is 5.54. The molecule has 2 atom stereocenters. The average molecular weight is 301 g/mol. The lowest BCUT2D eigenvalue weighted by molar-refractivity contribution is 0.0715. The molecule has 1 aromatic heterocycles. The molecule has 1 aliphatic rings. The van der Waals surface area contributed by atoms with Gasteiger partial charge in [0.2, 0.25) is 0 Å². The summed E-state index contributed by atoms with van der Waals surface area (Å²) in [6, 6.07) is 7.46. The Morgan fingerprint density at radius 1 is 1.45 bits per heavy atom. The summed E-state index contributed by atoms with van der Waals surface area (Å²) in [6.45, 7) is 0.329. The molecule has 2 aromatic rings. The molecular weight excluding hydrogens is 282 g/mol. The van der Waals surface area contributed by atoms with E-state index in [2.05, 4.69) is 5.10 Å². The number of aliphatic hydroxyl groups excluding tert-OH is 1. The lowest BCUT2D eigenvalue weighted by Gasteiger charge is -2.24. The van der Waals surface area contributed by atoms with Gasteiger partial charge in [-0.25, -0.2) is 0 Å². The number of benzene rings is 1. The van der Waals surface area contributed by atoms with Gasteiger partial charge < -0.3 is 14.7 Å². The van der Waals surface area contributed by atoms with Gasteiger partial charge in [0.05, 0.1) is 31.0 Å². The van der Waals surface area contributed by atoms with Gasteiger partial charge in [0.15, 0.2) is 0 Å². The van der Waals surface area contributed by atoms with Crippen molar-refractivity contribution in [1.29, 1.82) is 0 Å². The van der Waals surface area contributed by atoms with Crippen molar-refractivity contribution in [2.45, 2.75) is 18.6 Å². The van der Waals surface area contributed by atoms with E-state index in [4.69, 9.17) is 4.74 Å². The summed E-state index contributed by atoms with van der Waals surface area (Å²) in [5.41, 5.74) is 1.50. The van der Waals surface area contributed by atoms with Crippen LogP contribution in [0.25, 0.3) is 0 Å². The minimum atomic E-state index is -0.517. The van der Waals surface area contributed by atoms with Crippen molar-refractivity contribution >= 4 is 5.91 Å². The van der Waals surface area contributed by atoms with Crippen LogP contribution in [0.4, 0.5) is 0 Å². The fraction of sp³-hybridized carbons (Fsp3) is 0.375. The van der Waals surface area contributed by atoms with E-state index in [1.807, 2.05) is 24.3 Å². The molecule has 1 aliphatic heterocycles. The molecule has 0 spiro atoms. The van der Waals surface area contributed by atoms with Crippen LogP contribution in [0, 0.1) is 0 Å². The van der Waals surface area contributed by atoms with E-state index in [0.717, 1.165) is 11.3 Å². The number of hydrogen-bond donors (Lipinski definition) is 1. The van der Waals surface area contributed by atoms with E-state index in [0.29, 0.717) is 18.5 Å². The molecule has 1 N–H and O–H groups in total. The zero-order chi connectivity index (χ0) is 15.7. The Morgan fingerprint density at radius 3 is 2.95 bits per heavy atom. The number of methoxy groups -OCH3 is 1. The molecule has 1 aromatic carbocycles. The Kier molecular flexibility index (Phi) is 3.85. The van der Waals surface area contributed by atoms with Crippen LogP contribution >= 0.6 is 0 Å². The van der Waals surface area contributed by atoms with Gasteiger partial charge in [-0.15, -0.1) is 0 Å². The highest BCUT2D eigenvalue weighted by Gasteiger charge is 2.36. The molecule has 1 saturated heterocycles. The number of carbonyl (C=O) groups is 1. The van der Waals surface area contributed by atoms with E-state index < -0.39 is 6.10 Å². The van der Waals surface area contributed by atoms with E-state index in [1.54, 1.807) is 36.1 Å². The fourth-order valence-electron chi connectivity index (χ4n) is 2.90. The third kappa shape index (κ3) is 2.69. The number of likely N-dealkylation sites (tertiary alicyclic amines) is 1. The van der Waals surface area contributed by atoms with E-state index in [-0.39, 0.29) is 11.9 Å². The van der Waals surface area contributed by atoms with E-state index >= 15 is 0 Å². The maximum absolute atomic E-state index is 12.7. The lowest BCUT2D eigenvalue weighted by atomic mass is 10.0. The average Bonchev–Trinajstić information content (AvgIpc) is 3.12. The summed E-state index contributed by atoms with van der Waals surface area (Å²) in [7, 11) is 3.39. The van der Waals surface area contributed by atoms with Crippen LogP contribution in [-0.4, -0.2) is 45.5 Å². The number of aromatic nitrogens is 2. The van der Waals surface area contributed by atoms with Crippen LogP contribution < -0.4 is 4.74 Å². The van der Waals surface area contributed by atoms with E-state index in [1.165, 1.54) is 0 Å². The molecule has 1 fully saturated rings. The Morgan fingerprint density at radius 2 is 2.27 bits per heavy atom. The highest BCUT2D eigenvalue weighted by Crippen LogP contribution is 2.34. The molecule has 1 amide bonds. The highest BCUT2D eigenvalue weighted by molar-refractivity contribution is 5.94. The summed E-state index contributed by atoms with van der Waals surface area (Å²) in [5, 5.41) is 14.1. The van der Waals surface area contributed by atoms with Crippen molar-refractivity contribution in [1.82, 2.24) is 14.7 Å². The second-order valence-corrected chi connectivity index (χ2v) is 5.54. The molecule has 0 bridgehead atoms. The summed E-state index contributed by atoms with van der Waals surface area (Å²) in [6.07, 6.45) is 3.25. The number of nitrogens with zero attached hydrogens (tertiary/aromatic N) is 3. The van der Waals surface area contributed by atoms with Crippen LogP contribution in [0.5, 0.6) is 5.75 Å². The molecule has 116 valence electrons. The number of aliphatic hydroxyl groups is 1. The van der Waals surface area contributed by atoms with Crippen LogP contribution in [0.2, 0.25) is 0 Å². The van der Waals surface area contributed by atoms with Crippen molar-refractivity contribution < 1.29 is 14.6 Å². The molecule has 0 saturated carbocycles. The second kappa shape index (κ2) is 5.81. The van der Waals surface area contributed by atoms with Gasteiger partial charge in [-0.3, -0.25) is 9.48 Å². The number of aryl methyl sites for hydroxylation is 1. The van der Waals surface area contributed by atoms with Crippen molar-refractivity contribution in [3.8, 4) is 5.75 Å². The Balaban J connectivity index is 1.90. The molecule has 6 nitrogen and oxygen atoms in total. The zero-order valence-corrected chi connectivity index (χ0v) is 12.6. The zero-order valence-electron chi connectivity index (χ0n) is 12.6. The molecule has 22 heavy (non-hydrogen) atoms. The standard InChI is InChI=1S/C16H19N3O3/c1-18-9-12(8-17-18)16(21)19-10-13(20)7-15(19)11-4-3-5-14(6-11)22-2/h3-6,8-9,13,15,20H,7,10H2,1-2H3/t13-,15-/m0/s1. The number of ether oxygens (including phenoxy) is 1. The molecule has 0 aliphatic carbocycles. The van der Waals surface area contributed by atoms with Gasteiger partial charge in [0, 0.05) is 19.8 Å². The first-order chi connectivity index (χ1) is 10.6. The van der Waals surface area contributed by atoms with Crippen molar-refractivity contribution in [3.63, 3.8) is 0 Å². The van der Waals surface area contributed by atoms with Crippen LogP contribution in [-0.2, 0) is 7.05 Å². The number of hydrogen-bond acceptors (Lipinski definition) is 4. The summed E-state index contributed by atoms with van der Waals surface area (Å²) in [4.78, 5) is 14.4. The maximum atomic E-state index is 12.7. The smallest absolute Gasteiger partial charge is 0.257 e. The topological polar surface area (TPSA) is 67.6 Å². The van der Waals surface area contributed by atoms with Crippen LogP contribution in [0.3, 0.4) is 0 Å². The van der Waals surface area contributed by atoms with Gasteiger partial charge >= 0.3 is 0 Å². The molecule has 0 radical (unpaired) electrons. The van der Waals surface area contributed by atoms with Crippen molar-refractivity contribution in [2.24, 2.45) is 7.05 Å². The van der Waals surface area contributed by atoms with Crippen LogP contribution in [0.1, 0.15) is 28.4 Å². The Hall–Kier alpha value is -2.34. The predicted molar refractivity (Wildman–Crippen MR) is 80.6 cm³/mol. The SMILES string of the molecule is COc1cccc([C@@H]2C[C@H](O)CN2C(=O)c2cnn(C)c2)c1. The fourth-order valence-corrected chi connectivity index (χ4v) is 2.90. The first-order valence-electron chi connectivity index (χ1n) is 7.20. The van der Waals surface area contributed by atoms with Crippen molar-refractivity contribution in [2.75, 3.05) is 13.7 Å². The van der Waals surface area contributed by atoms with Gasteiger partial charge in [-0.05, 0) is 24.1 Å². The van der Waals surface area contributed by atoms with Gasteiger partial charge in [-0.2, -0.15) is 5.10 Å². The number of rotatable bonds is 3. The van der Waals surface area contributed by atoms with Gasteiger partial charge in [0.1, 0.15) is 5.75 Å². The molecule has 2 heterocycles. The van der Waals surface area contributed by atoms with Crippen molar-refractivity contribution in [3.05, 3.63) is 47.8 Å². The molecular formula is C16H19N3O3. The van der Waals surface area contributed by atoms with E-state index in [9.17, 15) is 9.90 Å². The van der Waals surface area contributed by atoms with Gasteiger partial charge in [0.25, 0.3) is 5.91 Å². The number of β-amino-alcohol motifs (C(OH)–C–C–N with tert-alkyl or cyclic N) is 1. The minimum absolute atomic E-state index is 0.113. The number of amides is 1. The molecule has 3 rings (SSSR count). The molecule has 0 unspecified atom stereocenters. The lowest BCUT2D eigenvalue weighted by Crippen LogP contribution is -2.31. The minimum Gasteiger partial charge on any atom is -0.497 e. The summed E-state index contributed by atoms with van der Waals surface area (Å²) in [5.74, 6) is 0.630. The number of carbonyl (C=O) groups excluding carboxylic acids is 1. The molecule has 6 heteroatoms. The summed E-state index contributed by atoms with van der Waals surface area (Å²) >= 11 is 0. The largest absolute Gasteiger partial charge is 0.497 e. The Labute approximate surface area is 128 Å². The van der Waals surface area contributed by atoms with Crippen LogP contribution in [0.15, 0.2) is 36.7 Å². The summed E-state index contributed by atoms with van der Waals surface area (Å²) < 4.78 is 6.84. The normalized spacial score (nSPS) is 21.1. The third-order valence-corrected chi connectivity index (χ3v) is 3.97. The maximum Gasteiger partial charge on any atom is 0.257 e. The Bertz CT molecular complexity index is 683.